The summed E-state index contributed by atoms with van der Waals surface area (Å²) in [6.07, 6.45) is 8.40. The van der Waals surface area contributed by atoms with E-state index in [1.54, 1.807) is 0 Å². The second-order valence-corrected chi connectivity index (χ2v) is 7.42. The first kappa shape index (κ1) is 15.6. The molecule has 0 bridgehead atoms. The van der Waals surface area contributed by atoms with Crippen molar-refractivity contribution in [1.82, 2.24) is 9.78 Å². The van der Waals surface area contributed by atoms with Gasteiger partial charge in [-0.3, -0.25) is 9.48 Å². The lowest BCUT2D eigenvalue weighted by Crippen LogP contribution is -2.21. The molecular formula is C21H21N3O2. The molecule has 1 fully saturated rings. The van der Waals surface area contributed by atoms with E-state index in [0.717, 1.165) is 54.1 Å². The molecule has 2 N–H and O–H groups in total. The molecule has 26 heavy (non-hydrogen) atoms. The highest BCUT2D eigenvalue weighted by Crippen LogP contribution is 2.35. The Labute approximate surface area is 151 Å². The minimum Gasteiger partial charge on any atom is -0.393 e. The SMILES string of the molecule is O=C1Nc2ccc(Cc3cnn(C4CCC(O)CC4)c3)c3cccc1c23. The molecule has 0 spiro atoms. The number of hydrogen-bond donors (Lipinski definition) is 2. The van der Waals surface area contributed by atoms with Crippen LogP contribution in [0.15, 0.2) is 42.7 Å². The van der Waals surface area contributed by atoms with E-state index in [2.05, 4.69) is 33.4 Å². The largest absolute Gasteiger partial charge is 0.393 e. The normalized spacial score (nSPS) is 22.0. The van der Waals surface area contributed by atoms with Crippen molar-refractivity contribution in [3.05, 3.63) is 59.4 Å². The Morgan fingerprint density at radius 3 is 2.85 bits per heavy atom. The fourth-order valence-corrected chi connectivity index (χ4v) is 4.32. The topological polar surface area (TPSA) is 67.2 Å². The zero-order valence-corrected chi connectivity index (χ0v) is 14.5. The number of rotatable bonds is 3. The maximum absolute atomic E-state index is 12.1. The first-order chi connectivity index (χ1) is 12.7. The van der Waals surface area contributed by atoms with E-state index in [1.165, 1.54) is 11.1 Å². The predicted molar refractivity (Wildman–Crippen MR) is 100 cm³/mol. The van der Waals surface area contributed by atoms with E-state index in [9.17, 15) is 9.90 Å². The number of aliphatic hydroxyl groups is 1. The number of benzene rings is 2. The summed E-state index contributed by atoms with van der Waals surface area (Å²) in [6.45, 7) is 0. The van der Waals surface area contributed by atoms with Crippen LogP contribution in [0.1, 0.15) is 53.2 Å². The van der Waals surface area contributed by atoms with Crippen LogP contribution in [-0.4, -0.2) is 26.9 Å². The lowest BCUT2D eigenvalue weighted by Gasteiger charge is -2.25. The van der Waals surface area contributed by atoms with E-state index < -0.39 is 0 Å². The van der Waals surface area contributed by atoms with Gasteiger partial charge in [0.05, 0.1) is 18.3 Å². The molecule has 2 aromatic carbocycles. The van der Waals surface area contributed by atoms with Gasteiger partial charge in [-0.15, -0.1) is 0 Å². The number of aromatic nitrogens is 2. The summed E-state index contributed by atoms with van der Waals surface area (Å²) < 4.78 is 2.06. The van der Waals surface area contributed by atoms with Gasteiger partial charge in [-0.05, 0) is 54.3 Å². The number of aliphatic hydroxyl groups excluding tert-OH is 1. The molecule has 3 aromatic rings. The quantitative estimate of drug-likeness (QED) is 0.760. The van der Waals surface area contributed by atoms with Gasteiger partial charge in [0.15, 0.2) is 0 Å². The molecule has 0 unspecified atom stereocenters. The maximum atomic E-state index is 12.1. The number of nitrogens with zero attached hydrogens (tertiary/aromatic N) is 2. The van der Waals surface area contributed by atoms with Gasteiger partial charge in [-0.2, -0.15) is 5.10 Å². The Balaban J connectivity index is 1.44. The van der Waals surface area contributed by atoms with Crippen LogP contribution in [0.5, 0.6) is 0 Å². The maximum Gasteiger partial charge on any atom is 0.256 e. The van der Waals surface area contributed by atoms with Crippen molar-refractivity contribution in [2.45, 2.75) is 44.2 Å². The zero-order valence-electron chi connectivity index (χ0n) is 14.5. The van der Waals surface area contributed by atoms with Gasteiger partial charge in [0.25, 0.3) is 5.91 Å². The van der Waals surface area contributed by atoms with Crippen molar-refractivity contribution in [1.29, 1.82) is 0 Å². The fraction of sp³-hybridized carbons (Fsp3) is 0.333. The minimum absolute atomic E-state index is 0.0185. The van der Waals surface area contributed by atoms with Gasteiger partial charge < -0.3 is 10.4 Å². The second kappa shape index (κ2) is 5.95. The molecule has 132 valence electrons. The number of anilines is 1. The summed E-state index contributed by atoms with van der Waals surface area (Å²) in [7, 11) is 0. The van der Waals surface area contributed by atoms with Crippen LogP contribution in [-0.2, 0) is 6.42 Å². The third kappa shape index (κ3) is 2.51. The van der Waals surface area contributed by atoms with E-state index in [1.807, 2.05) is 24.4 Å². The standard InChI is InChI=1S/C21H21N3O2/c25-16-7-5-15(6-8-16)24-12-13(11-22-24)10-14-4-9-19-20-17(14)2-1-3-18(20)21(26)23-19/h1-4,9,11-12,15-16,25H,5-8,10H2,(H,23,26). The molecule has 1 saturated carbocycles. The summed E-state index contributed by atoms with van der Waals surface area (Å²) in [5.74, 6) is -0.0185. The smallest absolute Gasteiger partial charge is 0.256 e. The Bertz CT molecular complexity index is 1000. The predicted octanol–water partition coefficient (Wildman–Crippen LogP) is 3.67. The number of amides is 1. The molecule has 0 atom stereocenters. The van der Waals surface area contributed by atoms with Crippen LogP contribution >= 0.6 is 0 Å². The first-order valence-electron chi connectivity index (χ1n) is 9.26. The summed E-state index contributed by atoms with van der Waals surface area (Å²) in [5.41, 5.74) is 4.05. The Morgan fingerprint density at radius 1 is 1.15 bits per heavy atom. The number of carbonyl (C=O) groups is 1. The van der Waals surface area contributed by atoms with Crippen molar-refractivity contribution in [2.75, 3.05) is 5.32 Å². The molecule has 0 radical (unpaired) electrons. The third-order valence-corrected chi connectivity index (χ3v) is 5.71. The zero-order chi connectivity index (χ0) is 17.7. The van der Waals surface area contributed by atoms with Crippen LogP contribution in [0.3, 0.4) is 0 Å². The fourth-order valence-electron chi connectivity index (χ4n) is 4.32. The van der Waals surface area contributed by atoms with Gasteiger partial charge in [0, 0.05) is 29.3 Å². The summed E-state index contributed by atoms with van der Waals surface area (Å²) in [6, 6.07) is 10.4. The molecule has 0 saturated heterocycles. The summed E-state index contributed by atoms with van der Waals surface area (Å²) >= 11 is 0. The Kier molecular flexibility index (Phi) is 3.57. The van der Waals surface area contributed by atoms with Gasteiger partial charge in [-0.25, -0.2) is 0 Å². The van der Waals surface area contributed by atoms with Crippen LogP contribution in [0.25, 0.3) is 10.8 Å². The van der Waals surface area contributed by atoms with Gasteiger partial charge in [0.1, 0.15) is 0 Å². The highest BCUT2D eigenvalue weighted by molar-refractivity contribution is 6.24. The molecule has 5 nitrogen and oxygen atoms in total. The first-order valence-corrected chi connectivity index (χ1v) is 9.26. The lowest BCUT2D eigenvalue weighted by molar-refractivity contribution is 0.103. The van der Waals surface area contributed by atoms with Crippen LogP contribution in [0.4, 0.5) is 5.69 Å². The van der Waals surface area contributed by atoms with E-state index >= 15 is 0 Å². The van der Waals surface area contributed by atoms with Gasteiger partial charge in [0.2, 0.25) is 0 Å². The number of nitrogens with one attached hydrogen (secondary N) is 1. The summed E-state index contributed by atoms with van der Waals surface area (Å²) in [5, 5.41) is 19.4. The van der Waals surface area contributed by atoms with E-state index in [-0.39, 0.29) is 12.0 Å². The van der Waals surface area contributed by atoms with Crippen molar-refractivity contribution >= 4 is 22.4 Å². The molecule has 1 aliphatic heterocycles. The summed E-state index contributed by atoms with van der Waals surface area (Å²) in [4.78, 5) is 12.1. The van der Waals surface area contributed by atoms with Gasteiger partial charge >= 0.3 is 0 Å². The average molecular weight is 347 g/mol. The molecule has 2 aliphatic rings. The van der Waals surface area contributed by atoms with Crippen LogP contribution in [0.2, 0.25) is 0 Å². The van der Waals surface area contributed by atoms with Crippen molar-refractivity contribution in [2.24, 2.45) is 0 Å². The monoisotopic (exact) mass is 347 g/mol. The average Bonchev–Trinajstić information content (AvgIpc) is 3.24. The minimum atomic E-state index is -0.147. The number of carbonyl (C=O) groups excluding carboxylic acids is 1. The van der Waals surface area contributed by atoms with Crippen LogP contribution < -0.4 is 5.32 Å². The van der Waals surface area contributed by atoms with Crippen molar-refractivity contribution in [3.8, 4) is 0 Å². The van der Waals surface area contributed by atoms with Crippen molar-refractivity contribution in [3.63, 3.8) is 0 Å². The molecule has 2 heterocycles. The second-order valence-electron chi connectivity index (χ2n) is 7.42. The number of hydrogen-bond acceptors (Lipinski definition) is 3. The van der Waals surface area contributed by atoms with Crippen molar-refractivity contribution < 1.29 is 9.90 Å². The molecular weight excluding hydrogens is 326 g/mol. The Morgan fingerprint density at radius 2 is 2.00 bits per heavy atom. The molecule has 5 heteroatoms. The molecule has 1 aromatic heterocycles. The molecule has 1 amide bonds. The van der Waals surface area contributed by atoms with Crippen LogP contribution in [0, 0.1) is 0 Å². The third-order valence-electron chi connectivity index (χ3n) is 5.71. The molecule has 5 rings (SSSR count). The lowest BCUT2D eigenvalue weighted by atomic mass is 9.93. The van der Waals surface area contributed by atoms with E-state index in [0.29, 0.717) is 6.04 Å². The highest BCUT2D eigenvalue weighted by Gasteiger charge is 2.23. The van der Waals surface area contributed by atoms with Gasteiger partial charge in [-0.1, -0.05) is 18.2 Å². The Hall–Kier alpha value is -2.66. The van der Waals surface area contributed by atoms with E-state index in [4.69, 9.17) is 0 Å². The highest BCUT2D eigenvalue weighted by atomic mass is 16.3. The molecule has 1 aliphatic carbocycles.